The Labute approximate surface area is 167 Å². The van der Waals surface area contributed by atoms with E-state index in [1.807, 2.05) is 12.1 Å². The number of carbonyl (C=O) groups is 1. The van der Waals surface area contributed by atoms with E-state index in [0.29, 0.717) is 18.8 Å². The molecule has 144 valence electrons. The van der Waals surface area contributed by atoms with E-state index < -0.39 is 15.9 Å². The quantitative estimate of drug-likeness (QED) is 0.725. The van der Waals surface area contributed by atoms with Gasteiger partial charge in [-0.05, 0) is 49.2 Å². The van der Waals surface area contributed by atoms with Crippen LogP contribution in [0.5, 0.6) is 5.75 Å². The smallest absolute Gasteiger partial charge is 0.262 e. The third kappa shape index (κ3) is 5.09. The molecule has 1 aliphatic heterocycles. The molecule has 0 aliphatic carbocycles. The van der Waals surface area contributed by atoms with Crippen molar-refractivity contribution in [2.24, 2.45) is 0 Å². The zero-order valence-corrected chi connectivity index (χ0v) is 17.1. The molecule has 0 aromatic heterocycles. The lowest BCUT2D eigenvalue weighted by molar-refractivity contribution is -0.118. The molecule has 1 fully saturated rings. The molecule has 2 aromatic rings. The Hall–Kier alpha value is -1.90. The molecule has 1 aliphatic rings. The van der Waals surface area contributed by atoms with Gasteiger partial charge in [-0.25, -0.2) is 8.42 Å². The Morgan fingerprint density at radius 3 is 2.41 bits per heavy atom. The van der Waals surface area contributed by atoms with Crippen LogP contribution in [0.1, 0.15) is 19.3 Å². The van der Waals surface area contributed by atoms with E-state index in [1.54, 1.807) is 30.3 Å². The number of nitrogens with zero attached hydrogens (tertiary/aromatic N) is 1. The molecule has 1 N–H and O–H groups in total. The maximum Gasteiger partial charge on any atom is 0.262 e. The standard InChI is InChI=1S/C19H21BrN2O4S/c20-15-8-10-16(11-9-15)26-14-19(23)21-17-6-2-3-7-18(17)27(24,25)22-12-4-1-5-13-22/h2-3,6-11H,1,4-5,12-14H2,(H,21,23). The number of carbonyl (C=O) groups excluding carboxylic acids is 1. The van der Waals surface area contributed by atoms with Crippen molar-refractivity contribution in [3.63, 3.8) is 0 Å². The molecule has 27 heavy (non-hydrogen) atoms. The van der Waals surface area contributed by atoms with E-state index in [0.717, 1.165) is 23.7 Å². The molecule has 1 amide bonds. The highest BCUT2D eigenvalue weighted by molar-refractivity contribution is 9.10. The number of benzene rings is 2. The van der Waals surface area contributed by atoms with E-state index in [-0.39, 0.29) is 17.2 Å². The Morgan fingerprint density at radius 1 is 1.04 bits per heavy atom. The second-order valence-corrected chi connectivity index (χ2v) is 9.07. The van der Waals surface area contributed by atoms with Crippen LogP contribution in [0.25, 0.3) is 0 Å². The third-order valence-electron chi connectivity index (χ3n) is 4.28. The van der Waals surface area contributed by atoms with Gasteiger partial charge in [-0.1, -0.05) is 34.5 Å². The van der Waals surface area contributed by atoms with Crippen LogP contribution < -0.4 is 10.1 Å². The van der Waals surface area contributed by atoms with Crippen LogP contribution in [0, 0.1) is 0 Å². The van der Waals surface area contributed by atoms with Crippen molar-refractivity contribution in [1.82, 2.24) is 4.31 Å². The number of sulfonamides is 1. The van der Waals surface area contributed by atoms with Crippen molar-refractivity contribution < 1.29 is 17.9 Å². The fourth-order valence-electron chi connectivity index (χ4n) is 2.91. The maximum absolute atomic E-state index is 12.9. The average molecular weight is 453 g/mol. The number of halogens is 1. The molecular formula is C19H21BrN2O4S. The maximum atomic E-state index is 12.9. The zero-order valence-electron chi connectivity index (χ0n) is 14.7. The lowest BCUT2D eigenvalue weighted by atomic mass is 10.2. The Kier molecular flexibility index (Phi) is 6.51. The monoisotopic (exact) mass is 452 g/mol. The van der Waals surface area contributed by atoms with Crippen LogP contribution in [-0.4, -0.2) is 38.3 Å². The van der Waals surface area contributed by atoms with Gasteiger partial charge in [-0.2, -0.15) is 4.31 Å². The minimum atomic E-state index is -3.64. The van der Waals surface area contributed by atoms with Crippen LogP contribution in [0.4, 0.5) is 5.69 Å². The molecule has 0 unspecified atom stereocenters. The summed E-state index contributed by atoms with van der Waals surface area (Å²) in [5, 5.41) is 2.66. The molecule has 0 saturated carbocycles. The molecule has 0 radical (unpaired) electrons. The Bertz CT molecular complexity index is 894. The summed E-state index contributed by atoms with van der Waals surface area (Å²) in [4.78, 5) is 12.4. The number of hydrogen-bond donors (Lipinski definition) is 1. The lowest BCUT2D eigenvalue weighted by Gasteiger charge is -2.26. The lowest BCUT2D eigenvalue weighted by Crippen LogP contribution is -2.36. The summed E-state index contributed by atoms with van der Waals surface area (Å²) >= 11 is 3.33. The molecule has 2 aromatic carbocycles. The summed E-state index contributed by atoms with van der Waals surface area (Å²) in [6, 6.07) is 13.6. The fourth-order valence-corrected chi connectivity index (χ4v) is 4.83. The van der Waals surface area contributed by atoms with Crippen molar-refractivity contribution in [3.05, 3.63) is 53.0 Å². The van der Waals surface area contributed by atoms with Crippen LogP contribution in [0.15, 0.2) is 57.9 Å². The molecular weight excluding hydrogens is 432 g/mol. The molecule has 0 bridgehead atoms. The second kappa shape index (κ2) is 8.86. The molecule has 6 nitrogen and oxygen atoms in total. The van der Waals surface area contributed by atoms with Gasteiger partial charge >= 0.3 is 0 Å². The Morgan fingerprint density at radius 2 is 1.70 bits per heavy atom. The van der Waals surface area contributed by atoms with Crippen LogP contribution in [-0.2, 0) is 14.8 Å². The molecule has 1 heterocycles. The summed E-state index contributed by atoms with van der Waals surface area (Å²) in [5.74, 6) is 0.141. The van der Waals surface area contributed by atoms with Gasteiger partial charge in [0.05, 0.1) is 5.69 Å². The van der Waals surface area contributed by atoms with Crippen LogP contribution >= 0.6 is 15.9 Å². The number of piperidine rings is 1. The van der Waals surface area contributed by atoms with E-state index in [9.17, 15) is 13.2 Å². The number of hydrogen-bond acceptors (Lipinski definition) is 4. The van der Waals surface area contributed by atoms with Gasteiger partial charge < -0.3 is 10.1 Å². The minimum absolute atomic E-state index is 0.115. The first-order chi connectivity index (χ1) is 13.0. The van der Waals surface area contributed by atoms with Gasteiger partial charge in [-0.3, -0.25) is 4.79 Å². The minimum Gasteiger partial charge on any atom is -0.484 e. The number of para-hydroxylation sites is 1. The normalized spacial score (nSPS) is 15.3. The SMILES string of the molecule is O=C(COc1ccc(Br)cc1)Nc1ccccc1S(=O)(=O)N1CCCCC1. The predicted octanol–water partition coefficient (Wildman–Crippen LogP) is 3.64. The summed E-state index contributed by atoms with van der Waals surface area (Å²) in [6.07, 6.45) is 2.75. The number of rotatable bonds is 6. The van der Waals surface area contributed by atoms with Gasteiger partial charge in [0, 0.05) is 17.6 Å². The van der Waals surface area contributed by atoms with Crippen molar-refractivity contribution >= 4 is 37.5 Å². The fraction of sp³-hybridized carbons (Fsp3) is 0.316. The third-order valence-corrected chi connectivity index (χ3v) is 6.76. The summed E-state index contributed by atoms with van der Waals surface area (Å²) < 4.78 is 33.7. The Balaban J connectivity index is 1.70. The van der Waals surface area contributed by atoms with Gasteiger partial charge in [0.2, 0.25) is 10.0 Å². The second-order valence-electron chi connectivity index (χ2n) is 6.25. The van der Waals surface area contributed by atoms with Crippen molar-refractivity contribution in [2.75, 3.05) is 25.0 Å². The van der Waals surface area contributed by atoms with E-state index in [1.165, 1.54) is 10.4 Å². The molecule has 0 spiro atoms. The molecule has 3 rings (SSSR count). The van der Waals surface area contributed by atoms with E-state index in [2.05, 4.69) is 21.2 Å². The number of amides is 1. The average Bonchev–Trinajstić information content (AvgIpc) is 2.68. The first-order valence-corrected chi connectivity index (χ1v) is 11.0. The van der Waals surface area contributed by atoms with E-state index >= 15 is 0 Å². The molecule has 1 saturated heterocycles. The molecule has 8 heteroatoms. The van der Waals surface area contributed by atoms with E-state index in [4.69, 9.17) is 4.74 Å². The highest BCUT2D eigenvalue weighted by Crippen LogP contribution is 2.26. The highest BCUT2D eigenvalue weighted by Gasteiger charge is 2.28. The summed E-state index contributed by atoms with van der Waals surface area (Å²) in [7, 11) is -3.64. The van der Waals surface area contributed by atoms with Crippen molar-refractivity contribution in [1.29, 1.82) is 0 Å². The van der Waals surface area contributed by atoms with Crippen LogP contribution in [0.3, 0.4) is 0 Å². The summed E-state index contributed by atoms with van der Waals surface area (Å²) in [6.45, 7) is 0.814. The summed E-state index contributed by atoms with van der Waals surface area (Å²) in [5.41, 5.74) is 0.271. The van der Waals surface area contributed by atoms with Crippen LogP contribution in [0.2, 0.25) is 0 Å². The predicted molar refractivity (Wildman–Crippen MR) is 107 cm³/mol. The topological polar surface area (TPSA) is 75.7 Å². The van der Waals surface area contributed by atoms with Crippen molar-refractivity contribution in [3.8, 4) is 5.75 Å². The highest BCUT2D eigenvalue weighted by atomic mass is 79.9. The zero-order chi connectivity index (χ0) is 19.3. The first kappa shape index (κ1) is 19.9. The molecule has 0 atom stereocenters. The number of nitrogens with one attached hydrogen (secondary N) is 1. The number of anilines is 1. The largest absolute Gasteiger partial charge is 0.484 e. The van der Waals surface area contributed by atoms with Gasteiger partial charge in [0.1, 0.15) is 10.6 Å². The van der Waals surface area contributed by atoms with Gasteiger partial charge in [0.25, 0.3) is 5.91 Å². The number of ether oxygens (including phenoxy) is 1. The van der Waals surface area contributed by atoms with Gasteiger partial charge in [0.15, 0.2) is 6.61 Å². The van der Waals surface area contributed by atoms with Crippen molar-refractivity contribution in [2.45, 2.75) is 24.2 Å². The van der Waals surface area contributed by atoms with Gasteiger partial charge in [-0.15, -0.1) is 0 Å². The first-order valence-electron chi connectivity index (χ1n) is 8.74.